The van der Waals surface area contributed by atoms with Gasteiger partial charge in [0.25, 0.3) is 0 Å². The molecule has 3 heteroatoms. The maximum atomic E-state index is 9.55. The van der Waals surface area contributed by atoms with Crippen molar-refractivity contribution in [3.8, 4) is 0 Å². The Balaban J connectivity index is 2.17. The standard InChI is InChI=1S/C15H16BrNO/c1-11-3-2-4-12(7-11)13(10-18)8-15-6-5-14(16)9-17-15/h2-7,9,13,18H,8,10H2,1H3. The maximum absolute atomic E-state index is 9.55. The molecular weight excluding hydrogens is 290 g/mol. The summed E-state index contributed by atoms with van der Waals surface area (Å²) in [6, 6.07) is 12.3. The van der Waals surface area contributed by atoms with Crippen LogP contribution < -0.4 is 0 Å². The molecule has 0 aliphatic rings. The quantitative estimate of drug-likeness (QED) is 0.938. The van der Waals surface area contributed by atoms with Gasteiger partial charge in [0.15, 0.2) is 0 Å². The number of hydrogen-bond acceptors (Lipinski definition) is 2. The summed E-state index contributed by atoms with van der Waals surface area (Å²) in [5.74, 6) is 0.110. The monoisotopic (exact) mass is 305 g/mol. The molecule has 0 bridgehead atoms. The molecule has 0 spiro atoms. The Hall–Kier alpha value is -1.19. The maximum Gasteiger partial charge on any atom is 0.0503 e. The highest BCUT2D eigenvalue weighted by Gasteiger charge is 2.12. The summed E-state index contributed by atoms with van der Waals surface area (Å²) >= 11 is 3.37. The van der Waals surface area contributed by atoms with E-state index in [1.165, 1.54) is 11.1 Å². The molecule has 0 fully saturated rings. The van der Waals surface area contributed by atoms with Gasteiger partial charge >= 0.3 is 0 Å². The van der Waals surface area contributed by atoms with Gasteiger partial charge in [-0.3, -0.25) is 4.98 Å². The molecule has 2 nitrogen and oxygen atoms in total. The molecule has 0 saturated heterocycles. The second-order valence-electron chi connectivity index (χ2n) is 4.47. The fraction of sp³-hybridized carbons (Fsp3) is 0.267. The van der Waals surface area contributed by atoms with Crippen LogP contribution in [0.15, 0.2) is 47.1 Å². The van der Waals surface area contributed by atoms with E-state index in [1.54, 1.807) is 6.20 Å². The SMILES string of the molecule is Cc1cccc(C(CO)Cc2ccc(Br)cn2)c1. The van der Waals surface area contributed by atoms with Crippen molar-refractivity contribution >= 4 is 15.9 Å². The zero-order valence-electron chi connectivity index (χ0n) is 10.3. The number of aryl methyl sites for hydroxylation is 1. The Morgan fingerprint density at radius 3 is 2.72 bits per heavy atom. The van der Waals surface area contributed by atoms with Crippen LogP contribution in [0.3, 0.4) is 0 Å². The first-order valence-electron chi connectivity index (χ1n) is 5.97. The summed E-state index contributed by atoms with van der Waals surface area (Å²) in [5.41, 5.74) is 3.38. The number of benzene rings is 1. The number of hydrogen-bond donors (Lipinski definition) is 1. The highest BCUT2D eigenvalue weighted by Crippen LogP contribution is 2.21. The molecule has 2 rings (SSSR count). The fourth-order valence-corrected chi connectivity index (χ4v) is 2.23. The molecule has 18 heavy (non-hydrogen) atoms. The molecule has 0 saturated carbocycles. The summed E-state index contributed by atoms with van der Waals surface area (Å²) < 4.78 is 0.974. The fourth-order valence-electron chi connectivity index (χ4n) is 1.99. The number of aliphatic hydroxyl groups excluding tert-OH is 1. The van der Waals surface area contributed by atoms with Crippen LogP contribution >= 0.6 is 15.9 Å². The summed E-state index contributed by atoms with van der Waals surface area (Å²) in [7, 11) is 0. The lowest BCUT2D eigenvalue weighted by atomic mass is 9.94. The summed E-state index contributed by atoms with van der Waals surface area (Å²) in [5, 5.41) is 9.55. The van der Waals surface area contributed by atoms with Crippen molar-refractivity contribution in [2.24, 2.45) is 0 Å². The van der Waals surface area contributed by atoms with Gasteiger partial charge in [-0.15, -0.1) is 0 Å². The third-order valence-corrected chi connectivity index (χ3v) is 3.45. The average molecular weight is 306 g/mol. The minimum atomic E-state index is 0.110. The van der Waals surface area contributed by atoms with E-state index in [1.807, 2.05) is 18.2 Å². The van der Waals surface area contributed by atoms with E-state index in [-0.39, 0.29) is 12.5 Å². The van der Waals surface area contributed by atoms with E-state index in [2.05, 4.69) is 46.0 Å². The van der Waals surface area contributed by atoms with Gasteiger partial charge in [0, 0.05) is 22.3 Å². The molecule has 1 unspecified atom stereocenters. The second kappa shape index (κ2) is 6.12. The third kappa shape index (κ3) is 3.40. The van der Waals surface area contributed by atoms with E-state index >= 15 is 0 Å². The van der Waals surface area contributed by atoms with Crippen molar-refractivity contribution in [1.82, 2.24) is 4.98 Å². The molecule has 94 valence electrons. The largest absolute Gasteiger partial charge is 0.396 e. The molecule has 1 atom stereocenters. The zero-order valence-corrected chi connectivity index (χ0v) is 11.9. The first-order chi connectivity index (χ1) is 8.69. The number of aliphatic hydroxyl groups is 1. The lowest BCUT2D eigenvalue weighted by Gasteiger charge is -2.14. The Labute approximate surface area is 116 Å². The smallest absolute Gasteiger partial charge is 0.0503 e. The summed E-state index contributed by atoms with van der Waals surface area (Å²) in [4.78, 5) is 4.36. The molecule has 0 aliphatic carbocycles. The molecular formula is C15H16BrNO. The number of pyridine rings is 1. The minimum absolute atomic E-state index is 0.110. The van der Waals surface area contributed by atoms with Gasteiger partial charge in [0.2, 0.25) is 0 Å². The lowest BCUT2D eigenvalue weighted by molar-refractivity contribution is 0.264. The van der Waals surface area contributed by atoms with Gasteiger partial charge in [0.1, 0.15) is 0 Å². The van der Waals surface area contributed by atoms with E-state index in [4.69, 9.17) is 0 Å². The molecule has 1 N–H and O–H groups in total. The predicted octanol–water partition coefficient (Wildman–Crippen LogP) is 3.47. The van der Waals surface area contributed by atoms with E-state index in [0.717, 1.165) is 16.6 Å². The Morgan fingerprint density at radius 1 is 1.28 bits per heavy atom. The molecule has 0 radical (unpaired) electrons. The van der Waals surface area contributed by atoms with Crippen LogP contribution in [0.1, 0.15) is 22.7 Å². The third-order valence-electron chi connectivity index (χ3n) is 2.98. The Kier molecular flexibility index (Phi) is 4.50. The Bertz CT molecular complexity index is 510. The number of halogens is 1. The summed E-state index contributed by atoms with van der Waals surface area (Å²) in [6.07, 6.45) is 2.55. The Morgan fingerprint density at radius 2 is 2.11 bits per heavy atom. The lowest BCUT2D eigenvalue weighted by Crippen LogP contribution is -2.09. The number of aromatic nitrogens is 1. The summed E-state index contributed by atoms with van der Waals surface area (Å²) in [6.45, 7) is 2.21. The normalized spacial score (nSPS) is 12.4. The van der Waals surface area contributed by atoms with Crippen LogP contribution in [0.5, 0.6) is 0 Å². The molecule has 1 aromatic heterocycles. The van der Waals surface area contributed by atoms with Gasteiger partial charge in [-0.1, -0.05) is 29.8 Å². The average Bonchev–Trinajstić information content (AvgIpc) is 2.38. The van der Waals surface area contributed by atoms with Crippen molar-refractivity contribution in [2.75, 3.05) is 6.61 Å². The number of nitrogens with zero attached hydrogens (tertiary/aromatic N) is 1. The van der Waals surface area contributed by atoms with E-state index < -0.39 is 0 Å². The van der Waals surface area contributed by atoms with Crippen LogP contribution in [0.4, 0.5) is 0 Å². The molecule has 2 aromatic rings. The first kappa shape index (κ1) is 13.2. The van der Waals surface area contributed by atoms with Crippen LogP contribution in [0.2, 0.25) is 0 Å². The second-order valence-corrected chi connectivity index (χ2v) is 5.38. The van der Waals surface area contributed by atoms with E-state index in [9.17, 15) is 5.11 Å². The molecule has 0 amide bonds. The minimum Gasteiger partial charge on any atom is -0.396 e. The van der Waals surface area contributed by atoms with Crippen LogP contribution in [-0.2, 0) is 6.42 Å². The van der Waals surface area contributed by atoms with Crippen LogP contribution in [0, 0.1) is 6.92 Å². The molecule has 1 aromatic carbocycles. The van der Waals surface area contributed by atoms with Gasteiger partial charge in [-0.25, -0.2) is 0 Å². The van der Waals surface area contributed by atoms with Gasteiger partial charge < -0.3 is 5.11 Å². The first-order valence-corrected chi connectivity index (χ1v) is 6.76. The zero-order chi connectivity index (χ0) is 13.0. The number of rotatable bonds is 4. The molecule has 1 heterocycles. The van der Waals surface area contributed by atoms with Crippen molar-refractivity contribution in [3.05, 3.63) is 63.9 Å². The van der Waals surface area contributed by atoms with Crippen molar-refractivity contribution < 1.29 is 5.11 Å². The van der Waals surface area contributed by atoms with Gasteiger partial charge in [-0.05, 0) is 47.0 Å². The van der Waals surface area contributed by atoms with Gasteiger partial charge in [-0.2, -0.15) is 0 Å². The van der Waals surface area contributed by atoms with Crippen molar-refractivity contribution in [3.63, 3.8) is 0 Å². The van der Waals surface area contributed by atoms with Crippen LogP contribution in [0.25, 0.3) is 0 Å². The molecule has 0 aliphatic heterocycles. The predicted molar refractivity (Wildman–Crippen MR) is 76.6 cm³/mol. The van der Waals surface area contributed by atoms with E-state index in [0.29, 0.717) is 0 Å². The van der Waals surface area contributed by atoms with Gasteiger partial charge in [0.05, 0.1) is 6.61 Å². The topological polar surface area (TPSA) is 33.1 Å². The van der Waals surface area contributed by atoms with Crippen LogP contribution in [-0.4, -0.2) is 16.7 Å². The highest BCUT2D eigenvalue weighted by atomic mass is 79.9. The highest BCUT2D eigenvalue weighted by molar-refractivity contribution is 9.10. The van der Waals surface area contributed by atoms with Crippen molar-refractivity contribution in [2.45, 2.75) is 19.3 Å². The van der Waals surface area contributed by atoms with Crippen molar-refractivity contribution in [1.29, 1.82) is 0 Å².